The van der Waals surface area contributed by atoms with E-state index in [0.29, 0.717) is 0 Å². The summed E-state index contributed by atoms with van der Waals surface area (Å²) in [6.07, 6.45) is 6.27. The molecule has 2 fully saturated rings. The van der Waals surface area contributed by atoms with Gasteiger partial charge < -0.3 is 14.6 Å². The third-order valence-electron chi connectivity index (χ3n) is 5.97. The van der Waals surface area contributed by atoms with Gasteiger partial charge in [0.25, 0.3) is 0 Å². The molecule has 0 aromatic carbocycles. The summed E-state index contributed by atoms with van der Waals surface area (Å²) in [6.45, 7) is 8.13. The first-order valence-electron chi connectivity index (χ1n) is 9.25. The smallest absolute Gasteiger partial charge is 0.120 e. The molecule has 0 bridgehead atoms. The van der Waals surface area contributed by atoms with Gasteiger partial charge in [0.2, 0.25) is 0 Å². The second-order valence-corrected chi connectivity index (χ2v) is 7.30. The topological polar surface area (TPSA) is 53.2 Å². The quantitative estimate of drug-likeness (QED) is 0.900. The average molecular weight is 330 g/mol. The van der Waals surface area contributed by atoms with Gasteiger partial charge in [-0.2, -0.15) is 5.26 Å². The number of nitrogens with one attached hydrogen (secondary N) is 1. The minimum Gasteiger partial charge on any atom is -0.381 e. The van der Waals surface area contributed by atoms with E-state index in [4.69, 9.17) is 4.74 Å². The van der Waals surface area contributed by atoms with Crippen molar-refractivity contribution in [3.05, 3.63) is 23.0 Å². The van der Waals surface area contributed by atoms with Crippen molar-refractivity contribution in [2.24, 2.45) is 7.05 Å². The average Bonchev–Trinajstić information content (AvgIpc) is 2.91. The van der Waals surface area contributed by atoms with Crippen LogP contribution in [0.25, 0.3) is 0 Å². The number of ether oxygens (including phenoxy) is 1. The highest BCUT2D eigenvalue weighted by atomic mass is 16.5. The van der Waals surface area contributed by atoms with Crippen LogP contribution < -0.4 is 5.32 Å². The number of piperidine rings is 1. The molecule has 1 aromatic rings. The molecule has 24 heavy (non-hydrogen) atoms. The van der Waals surface area contributed by atoms with E-state index in [1.165, 1.54) is 43.6 Å². The Kier molecular flexibility index (Phi) is 5.60. The normalized spacial score (nSPS) is 21.5. The maximum Gasteiger partial charge on any atom is 0.120 e. The Morgan fingerprint density at radius 2 is 1.96 bits per heavy atom. The molecular weight excluding hydrogens is 300 g/mol. The summed E-state index contributed by atoms with van der Waals surface area (Å²) >= 11 is 0. The van der Waals surface area contributed by atoms with E-state index in [0.717, 1.165) is 44.8 Å². The van der Waals surface area contributed by atoms with E-state index in [-0.39, 0.29) is 5.54 Å². The molecular formula is C19H30N4O. The Hall–Kier alpha value is -1.35. The number of rotatable bonds is 5. The molecule has 3 rings (SSSR count). The molecule has 0 saturated carbocycles. The molecule has 0 aliphatic carbocycles. The third-order valence-corrected chi connectivity index (χ3v) is 5.97. The Balaban J connectivity index is 1.65. The number of aromatic nitrogens is 1. The molecule has 5 nitrogen and oxygen atoms in total. The van der Waals surface area contributed by atoms with Crippen LogP contribution in [-0.2, 0) is 18.3 Å². The van der Waals surface area contributed by atoms with Crippen molar-refractivity contribution in [1.29, 1.82) is 5.26 Å². The first-order chi connectivity index (χ1) is 11.7. The van der Waals surface area contributed by atoms with Gasteiger partial charge in [-0.25, -0.2) is 0 Å². The maximum absolute atomic E-state index is 9.18. The fourth-order valence-corrected chi connectivity index (χ4v) is 4.20. The summed E-state index contributed by atoms with van der Waals surface area (Å²) in [4.78, 5) is 2.71. The minimum atomic E-state index is 0.249. The van der Waals surface area contributed by atoms with Crippen LogP contribution in [0.1, 0.15) is 49.1 Å². The second-order valence-electron chi connectivity index (χ2n) is 7.30. The van der Waals surface area contributed by atoms with Gasteiger partial charge in [-0.15, -0.1) is 0 Å². The molecule has 2 saturated heterocycles. The van der Waals surface area contributed by atoms with Gasteiger partial charge in [-0.1, -0.05) is 6.42 Å². The standard InChI is InChI=1S/C19H30N4O/c1-16-17(12-18(13-20)22(16)2)14-21-15-19(6-10-24-11-7-19)23-8-4-3-5-9-23/h12,21H,3-11,14-15H2,1-2H3. The van der Waals surface area contributed by atoms with Crippen molar-refractivity contribution in [2.45, 2.75) is 51.1 Å². The molecule has 3 heterocycles. The Bertz CT molecular complexity index is 589. The van der Waals surface area contributed by atoms with Gasteiger partial charge in [0, 0.05) is 44.6 Å². The molecule has 0 spiro atoms. The van der Waals surface area contributed by atoms with Crippen LogP contribution in [0, 0.1) is 18.3 Å². The molecule has 0 atom stereocenters. The number of hydrogen-bond donors (Lipinski definition) is 1. The predicted molar refractivity (Wildman–Crippen MR) is 94.8 cm³/mol. The van der Waals surface area contributed by atoms with E-state index >= 15 is 0 Å². The van der Waals surface area contributed by atoms with Crippen molar-refractivity contribution in [1.82, 2.24) is 14.8 Å². The third kappa shape index (κ3) is 3.51. The van der Waals surface area contributed by atoms with Gasteiger partial charge in [0.15, 0.2) is 0 Å². The van der Waals surface area contributed by atoms with Gasteiger partial charge in [-0.05, 0) is 57.3 Å². The van der Waals surface area contributed by atoms with Crippen molar-refractivity contribution in [2.75, 3.05) is 32.8 Å². The van der Waals surface area contributed by atoms with Gasteiger partial charge in [0.05, 0.1) is 0 Å². The molecule has 2 aliphatic heterocycles. The number of nitriles is 1. The van der Waals surface area contributed by atoms with Crippen LogP contribution in [0.3, 0.4) is 0 Å². The highest BCUT2D eigenvalue weighted by molar-refractivity contribution is 5.34. The van der Waals surface area contributed by atoms with Gasteiger partial charge in [0.1, 0.15) is 11.8 Å². The zero-order valence-corrected chi connectivity index (χ0v) is 15.1. The van der Waals surface area contributed by atoms with E-state index in [1.807, 2.05) is 17.7 Å². The van der Waals surface area contributed by atoms with E-state index < -0.39 is 0 Å². The number of hydrogen-bond acceptors (Lipinski definition) is 4. The second kappa shape index (κ2) is 7.69. The largest absolute Gasteiger partial charge is 0.381 e. The molecule has 0 radical (unpaired) electrons. The molecule has 2 aliphatic rings. The van der Waals surface area contributed by atoms with Crippen molar-refractivity contribution < 1.29 is 4.74 Å². The fraction of sp³-hybridized carbons (Fsp3) is 0.737. The van der Waals surface area contributed by atoms with Crippen LogP contribution in [0.15, 0.2) is 6.07 Å². The zero-order valence-electron chi connectivity index (χ0n) is 15.1. The fourth-order valence-electron chi connectivity index (χ4n) is 4.20. The van der Waals surface area contributed by atoms with Crippen molar-refractivity contribution in [3.63, 3.8) is 0 Å². The summed E-state index contributed by atoms with van der Waals surface area (Å²) < 4.78 is 7.62. The molecule has 0 amide bonds. The Morgan fingerprint density at radius 1 is 1.25 bits per heavy atom. The van der Waals surface area contributed by atoms with Crippen LogP contribution in [0.4, 0.5) is 0 Å². The van der Waals surface area contributed by atoms with Crippen LogP contribution >= 0.6 is 0 Å². The first-order valence-corrected chi connectivity index (χ1v) is 9.25. The molecule has 1 N–H and O–H groups in total. The van der Waals surface area contributed by atoms with Gasteiger partial charge in [-0.3, -0.25) is 4.90 Å². The Labute approximate surface area is 145 Å². The minimum absolute atomic E-state index is 0.249. The monoisotopic (exact) mass is 330 g/mol. The zero-order chi connectivity index (χ0) is 17.0. The maximum atomic E-state index is 9.18. The lowest BCUT2D eigenvalue weighted by Crippen LogP contribution is -2.59. The Morgan fingerprint density at radius 3 is 2.58 bits per heavy atom. The summed E-state index contributed by atoms with van der Waals surface area (Å²) in [5.74, 6) is 0. The van der Waals surface area contributed by atoms with Crippen molar-refractivity contribution in [3.8, 4) is 6.07 Å². The highest BCUT2D eigenvalue weighted by Crippen LogP contribution is 2.30. The molecule has 132 valence electrons. The summed E-state index contributed by atoms with van der Waals surface area (Å²) in [6, 6.07) is 4.28. The molecule has 1 aromatic heterocycles. The summed E-state index contributed by atoms with van der Waals surface area (Å²) in [7, 11) is 1.96. The van der Waals surface area contributed by atoms with E-state index in [1.54, 1.807) is 0 Å². The van der Waals surface area contributed by atoms with Gasteiger partial charge >= 0.3 is 0 Å². The highest BCUT2D eigenvalue weighted by Gasteiger charge is 2.38. The SMILES string of the molecule is Cc1c(CNCC2(N3CCCCC3)CCOCC2)cc(C#N)n1C. The van der Waals surface area contributed by atoms with Crippen LogP contribution in [-0.4, -0.2) is 47.9 Å². The van der Waals surface area contributed by atoms with Crippen molar-refractivity contribution >= 4 is 0 Å². The molecule has 5 heteroatoms. The lowest BCUT2D eigenvalue weighted by Gasteiger charge is -2.48. The summed E-state index contributed by atoms with van der Waals surface area (Å²) in [5.41, 5.74) is 3.40. The summed E-state index contributed by atoms with van der Waals surface area (Å²) in [5, 5.41) is 12.9. The predicted octanol–water partition coefficient (Wildman–Crippen LogP) is 2.33. The van der Waals surface area contributed by atoms with Crippen LogP contribution in [0.2, 0.25) is 0 Å². The number of nitrogens with zero attached hydrogens (tertiary/aromatic N) is 3. The van der Waals surface area contributed by atoms with E-state index in [2.05, 4.69) is 23.2 Å². The van der Waals surface area contributed by atoms with Crippen LogP contribution in [0.5, 0.6) is 0 Å². The lowest BCUT2D eigenvalue weighted by molar-refractivity contribution is -0.0358. The lowest BCUT2D eigenvalue weighted by atomic mass is 9.86. The first kappa shape index (κ1) is 17.5. The van der Waals surface area contributed by atoms with E-state index in [9.17, 15) is 5.26 Å². The molecule has 0 unspecified atom stereocenters. The number of likely N-dealkylation sites (tertiary alicyclic amines) is 1.